The van der Waals surface area contributed by atoms with Crippen LogP contribution in [0.2, 0.25) is 0 Å². The van der Waals surface area contributed by atoms with Crippen LogP contribution in [0.15, 0.2) is 42.5 Å². The van der Waals surface area contributed by atoms with Crippen LogP contribution in [0.4, 0.5) is 17.6 Å². The van der Waals surface area contributed by atoms with Crippen molar-refractivity contribution in [1.82, 2.24) is 0 Å². The van der Waals surface area contributed by atoms with Crippen LogP contribution in [0, 0.1) is 23.5 Å². The standard InChI is InChI=1S/C25H26F4O/c1-2-3-4-15-5-11-19-17(13-15)8-12-20-21(19)14-22(26)23(24(20)27)16-6-9-18(10-7-16)30-25(28)29/h3-4,6-7,9-10,14-15,17,19,25H,2,5,8,11-13H2,1H3/b4-3+. The zero-order chi connectivity index (χ0) is 21.3. The van der Waals surface area contributed by atoms with Crippen molar-refractivity contribution in [2.45, 2.75) is 58.0 Å². The van der Waals surface area contributed by atoms with Gasteiger partial charge in [-0.1, -0.05) is 31.2 Å². The average molecular weight is 418 g/mol. The number of alkyl halides is 2. The molecule has 3 atom stereocenters. The largest absolute Gasteiger partial charge is 0.435 e. The number of ether oxygens (including phenoxy) is 1. The van der Waals surface area contributed by atoms with E-state index in [1.165, 1.54) is 30.3 Å². The molecule has 0 amide bonds. The molecular formula is C25H26F4O. The normalized spacial score (nSPS) is 23.5. The molecule has 0 bridgehead atoms. The molecule has 0 spiro atoms. The van der Waals surface area contributed by atoms with Crippen LogP contribution in [-0.4, -0.2) is 6.61 Å². The van der Waals surface area contributed by atoms with Crippen LogP contribution in [0.3, 0.4) is 0 Å². The number of benzene rings is 2. The molecule has 2 aliphatic rings. The third-order valence-electron chi connectivity index (χ3n) is 6.55. The van der Waals surface area contributed by atoms with Gasteiger partial charge in [0.25, 0.3) is 0 Å². The molecule has 0 saturated heterocycles. The Labute approximate surface area is 174 Å². The minimum atomic E-state index is -2.94. The van der Waals surface area contributed by atoms with Crippen LogP contribution in [0.1, 0.15) is 56.1 Å². The summed E-state index contributed by atoms with van der Waals surface area (Å²) < 4.78 is 59.4. The monoisotopic (exact) mass is 418 g/mol. The van der Waals surface area contributed by atoms with Gasteiger partial charge in [-0.15, -0.1) is 0 Å². The molecule has 0 N–H and O–H groups in total. The highest BCUT2D eigenvalue weighted by Crippen LogP contribution is 2.49. The van der Waals surface area contributed by atoms with Crippen LogP contribution < -0.4 is 4.74 Å². The van der Waals surface area contributed by atoms with Gasteiger partial charge in [-0.3, -0.25) is 0 Å². The summed E-state index contributed by atoms with van der Waals surface area (Å²) in [4.78, 5) is 0. The Hall–Kier alpha value is -2.30. The highest BCUT2D eigenvalue weighted by molar-refractivity contribution is 5.68. The van der Waals surface area contributed by atoms with E-state index < -0.39 is 18.2 Å². The van der Waals surface area contributed by atoms with E-state index >= 15 is 8.78 Å². The SMILES string of the molecule is CC/C=C/C1CCC2c3cc(F)c(-c4ccc(OC(F)F)cc4)c(F)c3CCC2C1. The van der Waals surface area contributed by atoms with Crippen molar-refractivity contribution in [1.29, 1.82) is 0 Å². The van der Waals surface area contributed by atoms with Gasteiger partial charge in [-0.25, -0.2) is 8.78 Å². The molecule has 1 saturated carbocycles. The quantitative estimate of drug-likeness (QED) is 0.358. The van der Waals surface area contributed by atoms with E-state index in [1.54, 1.807) is 0 Å². The molecule has 3 unspecified atom stereocenters. The molecule has 160 valence electrons. The molecule has 4 rings (SSSR count). The third-order valence-corrected chi connectivity index (χ3v) is 6.55. The fraction of sp³-hybridized carbons (Fsp3) is 0.440. The lowest BCUT2D eigenvalue weighted by Gasteiger charge is -2.40. The van der Waals surface area contributed by atoms with Crippen molar-refractivity contribution in [2.24, 2.45) is 11.8 Å². The number of fused-ring (bicyclic) bond motifs is 3. The van der Waals surface area contributed by atoms with Crippen molar-refractivity contribution >= 4 is 0 Å². The van der Waals surface area contributed by atoms with Crippen molar-refractivity contribution in [3.8, 4) is 16.9 Å². The van der Waals surface area contributed by atoms with Gasteiger partial charge in [0.05, 0.1) is 5.56 Å². The summed E-state index contributed by atoms with van der Waals surface area (Å²) in [6.45, 7) is -0.810. The van der Waals surface area contributed by atoms with E-state index in [2.05, 4.69) is 23.8 Å². The number of hydrogen-bond donors (Lipinski definition) is 0. The predicted octanol–water partition coefficient (Wildman–Crippen LogP) is 7.65. The maximum atomic E-state index is 15.4. The molecule has 0 radical (unpaired) electrons. The topological polar surface area (TPSA) is 9.23 Å². The van der Waals surface area contributed by atoms with Crippen molar-refractivity contribution in [3.63, 3.8) is 0 Å². The molecule has 1 nitrogen and oxygen atoms in total. The first-order valence-electron chi connectivity index (χ1n) is 10.7. The Morgan fingerprint density at radius 3 is 2.57 bits per heavy atom. The molecule has 1 fully saturated rings. The minimum Gasteiger partial charge on any atom is -0.435 e. The third kappa shape index (κ3) is 4.12. The lowest BCUT2D eigenvalue weighted by atomic mass is 9.65. The van der Waals surface area contributed by atoms with Gasteiger partial charge in [-0.05, 0) is 91.2 Å². The first-order valence-corrected chi connectivity index (χ1v) is 10.7. The van der Waals surface area contributed by atoms with E-state index in [1.807, 2.05) is 0 Å². The Balaban J connectivity index is 1.62. The summed E-state index contributed by atoms with van der Waals surface area (Å²) in [6, 6.07) is 6.96. The van der Waals surface area contributed by atoms with Crippen LogP contribution in [-0.2, 0) is 6.42 Å². The summed E-state index contributed by atoms with van der Waals surface area (Å²) in [5, 5.41) is 0. The van der Waals surface area contributed by atoms with Gasteiger partial charge >= 0.3 is 6.61 Å². The Bertz CT molecular complexity index is 920. The second-order valence-corrected chi connectivity index (χ2v) is 8.33. The molecule has 5 heteroatoms. The highest BCUT2D eigenvalue weighted by atomic mass is 19.3. The fourth-order valence-electron chi connectivity index (χ4n) is 5.19. The predicted molar refractivity (Wildman–Crippen MR) is 110 cm³/mol. The lowest BCUT2D eigenvalue weighted by Crippen LogP contribution is -2.28. The summed E-state index contributed by atoms with van der Waals surface area (Å²) in [5.74, 6) is 0.0921. The van der Waals surface area contributed by atoms with E-state index in [0.717, 1.165) is 37.7 Å². The van der Waals surface area contributed by atoms with E-state index in [0.29, 0.717) is 29.4 Å². The second kappa shape index (κ2) is 8.83. The lowest BCUT2D eigenvalue weighted by molar-refractivity contribution is -0.0498. The molecule has 2 aromatic rings. The molecule has 2 aliphatic carbocycles. The Kier molecular flexibility index (Phi) is 6.16. The summed E-state index contributed by atoms with van der Waals surface area (Å²) in [7, 11) is 0. The second-order valence-electron chi connectivity index (χ2n) is 8.33. The van der Waals surface area contributed by atoms with Crippen LogP contribution in [0.25, 0.3) is 11.1 Å². The molecular weight excluding hydrogens is 392 g/mol. The van der Waals surface area contributed by atoms with Gasteiger partial charge in [0.1, 0.15) is 17.4 Å². The molecule has 0 aliphatic heterocycles. The Morgan fingerprint density at radius 1 is 1.10 bits per heavy atom. The summed E-state index contributed by atoms with van der Waals surface area (Å²) in [6.07, 6.45) is 10.1. The average Bonchev–Trinajstić information content (AvgIpc) is 2.72. The number of allylic oxidation sites excluding steroid dienone is 2. The minimum absolute atomic E-state index is 0.0377. The fourth-order valence-corrected chi connectivity index (χ4v) is 5.19. The first-order chi connectivity index (χ1) is 14.5. The molecule has 30 heavy (non-hydrogen) atoms. The van der Waals surface area contributed by atoms with Crippen LogP contribution >= 0.6 is 0 Å². The van der Waals surface area contributed by atoms with E-state index in [-0.39, 0.29) is 17.2 Å². The maximum Gasteiger partial charge on any atom is 0.387 e. The zero-order valence-corrected chi connectivity index (χ0v) is 17.0. The summed E-state index contributed by atoms with van der Waals surface area (Å²) >= 11 is 0. The van der Waals surface area contributed by atoms with Gasteiger partial charge in [0.15, 0.2) is 0 Å². The van der Waals surface area contributed by atoms with Gasteiger partial charge in [0, 0.05) is 0 Å². The van der Waals surface area contributed by atoms with Gasteiger partial charge in [0.2, 0.25) is 0 Å². The van der Waals surface area contributed by atoms with E-state index in [9.17, 15) is 8.78 Å². The van der Waals surface area contributed by atoms with Crippen LogP contribution in [0.5, 0.6) is 5.75 Å². The molecule has 0 aromatic heterocycles. The van der Waals surface area contributed by atoms with E-state index in [4.69, 9.17) is 0 Å². The summed E-state index contributed by atoms with van der Waals surface area (Å²) in [5.41, 5.74) is 1.67. The van der Waals surface area contributed by atoms with Gasteiger partial charge in [-0.2, -0.15) is 8.78 Å². The first kappa shape index (κ1) is 21.0. The highest BCUT2D eigenvalue weighted by Gasteiger charge is 2.37. The molecule has 2 aromatic carbocycles. The van der Waals surface area contributed by atoms with Gasteiger partial charge < -0.3 is 4.74 Å². The van der Waals surface area contributed by atoms with Crippen molar-refractivity contribution in [2.75, 3.05) is 0 Å². The smallest absolute Gasteiger partial charge is 0.387 e. The molecule has 0 heterocycles. The number of rotatable bonds is 5. The zero-order valence-electron chi connectivity index (χ0n) is 17.0. The maximum absolute atomic E-state index is 15.4. The number of hydrogen-bond acceptors (Lipinski definition) is 1. The Morgan fingerprint density at radius 2 is 1.87 bits per heavy atom. The van der Waals surface area contributed by atoms with Crippen molar-refractivity contribution < 1.29 is 22.3 Å². The van der Waals surface area contributed by atoms with Crippen molar-refractivity contribution in [3.05, 3.63) is 65.2 Å². The number of halogens is 4.